The molecule has 1 fully saturated rings. The second kappa shape index (κ2) is 8.23. The minimum atomic E-state index is 0.728. The molecule has 0 aromatic heterocycles. The van der Waals surface area contributed by atoms with E-state index in [9.17, 15) is 0 Å². The molecule has 1 aromatic rings. The van der Waals surface area contributed by atoms with E-state index in [1.165, 1.54) is 31.4 Å². The van der Waals surface area contributed by atoms with Crippen LogP contribution < -0.4 is 5.32 Å². The summed E-state index contributed by atoms with van der Waals surface area (Å²) in [5, 5.41) is 4.89. The first kappa shape index (κ1) is 16.1. The van der Waals surface area contributed by atoms with Crippen molar-refractivity contribution in [1.29, 1.82) is 0 Å². The van der Waals surface area contributed by atoms with Gasteiger partial charge in [-0.1, -0.05) is 30.1 Å². The Morgan fingerprint density at radius 1 is 1.15 bits per heavy atom. The van der Waals surface area contributed by atoms with Crippen molar-refractivity contribution in [2.24, 2.45) is 5.92 Å². The summed E-state index contributed by atoms with van der Waals surface area (Å²) in [6.45, 7) is 7.81. The van der Waals surface area contributed by atoms with Crippen LogP contribution in [0.4, 0.5) is 0 Å². The molecule has 0 spiro atoms. The highest BCUT2D eigenvalue weighted by molar-refractivity contribution is 6.34. The summed E-state index contributed by atoms with van der Waals surface area (Å²) in [4.78, 5) is 2.54. The van der Waals surface area contributed by atoms with Gasteiger partial charge in [0.25, 0.3) is 0 Å². The van der Waals surface area contributed by atoms with Crippen molar-refractivity contribution in [3.05, 3.63) is 33.8 Å². The van der Waals surface area contributed by atoms with E-state index in [-0.39, 0.29) is 0 Å². The van der Waals surface area contributed by atoms with E-state index >= 15 is 0 Å². The maximum Gasteiger partial charge on any atom is 0.0424 e. The molecule has 1 aliphatic rings. The van der Waals surface area contributed by atoms with Gasteiger partial charge in [0.05, 0.1) is 0 Å². The molecule has 2 nitrogen and oxygen atoms in total. The van der Waals surface area contributed by atoms with Gasteiger partial charge in [0, 0.05) is 23.1 Å². The predicted molar refractivity (Wildman–Crippen MR) is 87.6 cm³/mol. The molecule has 1 heterocycles. The van der Waals surface area contributed by atoms with Crippen molar-refractivity contribution in [3.8, 4) is 0 Å². The molecule has 20 heavy (non-hydrogen) atoms. The van der Waals surface area contributed by atoms with E-state index in [2.05, 4.69) is 17.1 Å². The van der Waals surface area contributed by atoms with E-state index in [0.717, 1.165) is 42.1 Å². The first-order chi connectivity index (χ1) is 9.67. The number of benzene rings is 1. The van der Waals surface area contributed by atoms with Crippen LogP contribution in [0, 0.1) is 5.92 Å². The lowest BCUT2D eigenvalue weighted by molar-refractivity contribution is 0.199. The average Bonchev–Trinajstić information content (AvgIpc) is 2.39. The number of halogens is 2. The second-order valence-corrected chi connectivity index (χ2v) is 6.58. The fourth-order valence-electron chi connectivity index (χ4n) is 2.94. The highest BCUT2D eigenvalue weighted by atomic mass is 35.5. The molecule has 0 atom stereocenters. The Morgan fingerprint density at radius 3 is 2.40 bits per heavy atom. The Bertz CT molecular complexity index is 397. The van der Waals surface area contributed by atoms with Gasteiger partial charge in [-0.15, -0.1) is 0 Å². The largest absolute Gasteiger partial charge is 0.317 e. The van der Waals surface area contributed by atoms with Gasteiger partial charge in [-0.2, -0.15) is 0 Å². The van der Waals surface area contributed by atoms with Crippen LogP contribution in [0.1, 0.15) is 31.7 Å². The van der Waals surface area contributed by atoms with Crippen molar-refractivity contribution in [3.63, 3.8) is 0 Å². The number of rotatable bonds is 6. The molecule has 1 N–H and O–H groups in total. The second-order valence-electron chi connectivity index (χ2n) is 5.71. The lowest BCUT2D eigenvalue weighted by Crippen LogP contribution is -2.36. The van der Waals surface area contributed by atoms with Crippen LogP contribution in [-0.4, -0.2) is 31.1 Å². The van der Waals surface area contributed by atoms with Crippen LogP contribution in [0.3, 0.4) is 0 Å². The van der Waals surface area contributed by atoms with Crippen LogP contribution in [-0.2, 0) is 6.54 Å². The summed E-state index contributed by atoms with van der Waals surface area (Å²) in [6.07, 6.45) is 3.76. The zero-order valence-electron chi connectivity index (χ0n) is 12.2. The topological polar surface area (TPSA) is 15.3 Å². The third kappa shape index (κ3) is 5.25. The molecule has 1 saturated heterocycles. The lowest BCUT2D eigenvalue weighted by atomic mass is 9.97. The minimum absolute atomic E-state index is 0.728. The molecule has 0 amide bonds. The van der Waals surface area contributed by atoms with Crippen LogP contribution in [0.25, 0.3) is 0 Å². The summed E-state index contributed by atoms with van der Waals surface area (Å²) in [5.74, 6) is 0.817. The number of piperidine rings is 1. The lowest BCUT2D eigenvalue weighted by Gasteiger charge is -2.30. The molecule has 0 radical (unpaired) electrons. The normalized spacial score (nSPS) is 16.8. The van der Waals surface area contributed by atoms with E-state index in [4.69, 9.17) is 23.2 Å². The Kier molecular flexibility index (Phi) is 6.63. The molecule has 4 heteroatoms. The van der Waals surface area contributed by atoms with Gasteiger partial charge in [0.15, 0.2) is 0 Å². The zero-order valence-corrected chi connectivity index (χ0v) is 13.7. The van der Waals surface area contributed by atoms with Gasteiger partial charge < -0.3 is 5.32 Å². The average molecular weight is 315 g/mol. The molecule has 0 saturated carbocycles. The predicted octanol–water partition coefficient (Wildman–Crippen LogP) is 4.21. The highest BCUT2D eigenvalue weighted by Crippen LogP contribution is 2.21. The summed E-state index contributed by atoms with van der Waals surface area (Å²) in [6, 6.07) is 5.85. The van der Waals surface area contributed by atoms with Gasteiger partial charge >= 0.3 is 0 Å². The fourth-order valence-corrected chi connectivity index (χ4v) is 3.51. The molecular weight excluding hydrogens is 291 g/mol. The van der Waals surface area contributed by atoms with E-state index in [1.54, 1.807) is 6.07 Å². The van der Waals surface area contributed by atoms with Gasteiger partial charge in [-0.3, -0.25) is 4.90 Å². The molecular formula is C16H24Cl2N2. The number of hydrogen-bond acceptors (Lipinski definition) is 2. The molecule has 1 aliphatic heterocycles. The molecule has 0 unspecified atom stereocenters. The van der Waals surface area contributed by atoms with Crippen LogP contribution in [0.5, 0.6) is 0 Å². The minimum Gasteiger partial charge on any atom is -0.317 e. The summed E-state index contributed by atoms with van der Waals surface area (Å²) < 4.78 is 0. The SMILES string of the molecule is CCCN(Cc1cc(Cl)cc(Cl)c1)CC1CCNCC1. The van der Waals surface area contributed by atoms with Gasteiger partial charge in [-0.25, -0.2) is 0 Å². The molecule has 0 aliphatic carbocycles. The van der Waals surface area contributed by atoms with Crippen LogP contribution in [0.15, 0.2) is 18.2 Å². The molecule has 112 valence electrons. The zero-order chi connectivity index (χ0) is 14.4. The number of hydrogen-bond donors (Lipinski definition) is 1. The molecule has 2 rings (SSSR count). The maximum absolute atomic E-state index is 6.09. The van der Waals surface area contributed by atoms with Crippen molar-refractivity contribution >= 4 is 23.2 Å². The standard InChI is InChI=1S/C16H24Cl2N2/c1-2-7-20(11-13-3-5-19-6-4-13)12-14-8-15(17)10-16(18)9-14/h8-10,13,19H,2-7,11-12H2,1H3. The van der Waals surface area contributed by atoms with Crippen molar-refractivity contribution < 1.29 is 0 Å². The third-order valence-electron chi connectivity index (χ3n) is 3.84. The monoisotopic (exact) mass is 314 g/mol. The quantitative estimate of drug-likeness (QED) is 0.846. The Morgan fingerprint density at radius 2 is 1.80 bits per heavy atom. The summed E-state index contributed by atoms with van der Waals surface area (Å²) in [5.41, 5.74) is 1.21. The molecule has 0 bridgehead atoms. The Balaban J connectivity index is 1.96. The third-order valence-corrected chi connectivity index (χ3v) is 4.28. The van der Waals surface area contributed by atoms with E-state index < -0.39 is 0 Å². The first-order valence-corrected chi connectivity index (χ1v) is 8.31. The Labute approximate surface area is 132 Å². The van der Waals surface area contributed by atoms with Crippen molar-refractivity contribution in [2.45, 2.75) is 32.7 Å². The van der Waals surface area contributed by atoms with Gasteiger partial charge in [-0.05, 0) is 68.6 Å². The van der Waals surface area contributed by atoms with Crippen molar-refractivity contribution in [1.82, 2.24) is 10.2 Å². The molecule has 1 aromatic carbocycles. The number of nitrogens with zero attached hydrogens (tertiary/aromatic N) is 1. The van der Waals surface area contributed by atoms with E-state index in [1.807, 2.05) is 12.1 Å². The van der Waals surface area contributed by atoms with E-state index in [0.29, 0.717) is 0 Å². The first-order valence-electron chi connectivity index (χ1n) is 7.55. The number of nitrogens with one attached hydrogen (secondary N) is 1. The fraction of sp³-hybridized carbons (Fsp3) is 0.625. The summed E-state index contributed by atoms with van der Waals surface area (Å²) in [7, 11) is 0. The van der Waals surface area contributed by atoms with Crippen LogP contribution >= 0.6 is 23.2 Å². The van der Waals surface area contributed by atoms with Gasteiger partial charge in [0.2, 0.25) is 0 Å². The Hall–Kier alpha value is -0.280. The van der Waals surface area contributed by atoms with Crippen LogP contribution in [0.2, 0.25) is 10.0 Å². The maximum atomic E-state index is 6.09. The van der Waals surface area contributed by atoms with Crippen molar-refractivity contribution in [2.75, 3.05) is 26.2 Å². The highest BCUT2D eigenvalue weighted by Gasteiger charge is 2.17. The smallest absolute Gasteiger partial charge is 0.0424 e. The summed E-state index contributed by atoms with van der Waals surface area (Å²) >= 11 is 12.2. The van der Waals surface area contributed by atoms with Gasteiger partial charge in [0.1, 0.15) is 0 Å².